The predicted octanol–water partition coefficient (Wildman–Crippen LogP) is 4.37. The molecule has 0 saturated carbocycles. The molecule has 0 spiro atoms. The maximum absolute atomic E-state index is 5.46. The number of benzene rings is 1. The van der Waals surface area contributed by atoms with E-state index in [1.54, 1.807) is 0 Å². The van der Waals surface area contributed by atoms with Crippen LogP contribution in [0, 0.1) is 0 Å². The van der Waals surface area contributed by atoms with Crippen molar-refractivity contribution in [1.82, 2.24) is 5.32 Å². The molecule has 1 atom stereocenters. The number of hydrogen-bond acceptors (Lipinski definition) is 3. The summed E-state index contributed by atoms with van der Waals surface area (Å²) in [4.78, 5) is 2.34. The van der Waals surface area contributed by atoms with Gasteiger partial charge in [0.2, 0.25) is 0 Å². The van der Waals surface area contributed by atoms with E-state index in [-0.39, 0.29) is 0 Å². The quantitative estimate of drug-likeness (QED) is 0.629. The lowest BCUT2D eigenvalue weighted by molar-refractivity contribution is 0.154. The Morgan fingerprint density at radius 3 is 2.62 bits per heavy atom. The van der Waals surface area contributed by atoms with Gasteiger partial charge in [0.1, 0.15) is 0 Å². The summed E-state index contributed by atoms with van der Waals surface area (Å²) in [5.41, 5.74) is 2.56. The second-order valence-corrected chi connectivity index (χ2v) is 6.01. The first-order chi connectivity index (χ1) is 10.1. The van der Waals surface area contributed by atoms with Crippen LogP contribution in [0.1, 0.15) is 45.7 Å². The number of hydrogen-bond donors (Lipinski definition) is 1. The highest BCUT2D eigenvalue weighted by molar-refractivity contribution is 9.10. The van der Waals surface area contributed by atoms with Crippen LogP contribution in [0.2, 0.25) is 0 Å². The van der Waals surface area contributed by atoms with Crippen molar-refractivity contribution in [3.63, 3.8) is 0 Å². The first-order valence-electron chi connectivity index (χ1n) is 7.99. The highest BCUT2D eigenvalue weighted by Gasteiger charge is 2.11. The van der Waals surface area contributed by atoms with E-state index in [1.807, 2.05) is 6.92 Å². The number of nitrogens with one attached hydrogen (secondary N) is 1. The Kier molecular flexibility index (Phi) is 8.97. The maximum atomic E-state index is 5.46. The summed E-state index contributed by atoms with van der Waals surface area (Å²) in [6.07, 6.45) is 1.15. The van der Waals surface area contributed by atoms with Crippen molar-refractivity contribution in [2.45, 2.75) is 40.2 Å². The lowest BCUT2D eigenvalue weighted by Crippen LogP contribution is -2.27. The van der Waals surface area contributed by atoms with E-state index in [0.717, 1.165) is 39.3 Å². The van der Waals surface area contributed by atoms with Gasteiger partial charge in [-0.3, -0.25) is 0 Å². The summed E-state index contributed by atoms with van der Waals surface area (Å²) >= 11 is 3.72. The normalized spacial score (nSPS) is 12.4. The van der Waals surface area contributed by atoms with Gasteiger partial charge in [-0.2, -0.15) is 0 Å². The van der Waals surface area contributed by atoms with Crippen LogP contribution in [0.3, 0.4) is 0 Å². The largest absolute Gasteiger partial charge is 0.380 e. The molecular formula is C17H29BrN2O. The third-order valence-corrected chi connectivity index (χ3v) is 4.29. The number of likely N-dealkylation sites (N-methyl/N-ethyl adjacent to an activating group) is 1. The van der Waals surface area contributed by atoms with E-state index in [0.29, 0.717) is 6.04 Å². The van der Waals surface area contributed by atoms with Crippen molar-refractivity contribution in [2.24, 2.45) is 0 Å². The Labute approximate surface area is 138 Å². The molecule has 0 aliphatic rings. The van der Waals surface area contributed by atoms with E-state index < -0.39 is 0 Å². The zero-order valence-electron chi connectivity index (χ0n) is 13.8. The molecule has 0 saturated heterocycles. The molecule has 1 aromatic rings. The zero-order chi connectivity index (χ0) is 15.7. The van der Waals surface area contributed by atoms with Crippen LogP contribution in [0.5, 0.6) is 0 Å². The van der Waals surface area contributed by atoms with Crippen molar-refractivity contribution < 1.29 is 4.74 Å². The lowest BCUT2D eigenvalue weighted by atomic mass is 10.1. The molecule has 4 heteroatoms. The fraction of sp³-hybridized carbons (Fsp3) is 0.647. The molecular weight excluding hydrogens is 328 g/mol. The topological polar surface area (TPSA) is 24.5 Å². The zero-order valence-corrected chi connectivity index (χ0v) is 15.4. The summed E-state index contributed by atoms with van der Waals surface area (Å²) < 4.78 is 6.63. The highest BCUT2D eigenvalue weighted by atomic mass is 79.9. The van der Waals surface area contributed by atoms with Gasteiger partial charge < -0.3 is 15.0 Å². The minimum Gasteiger partial charge on any atom is -0.380 e. The summed E-state index contributed by atoms with van der Waals surface area (Å²) in [7, 11) is 0. The van der Waals surface area contributed by atoms with Gasteiger partial charge in [0.15, 0.2) is 0 Å². The fourth-order valence-corrected chi connectivity index (χ4v) is 3.03. The Bertz CT molecular complexity index is 412. The van der Waals surface area contributed by atoms with Crippen LogP contribution < -0.4 is 10.2 Å². The van der Waals surface area contributed by atoms with Gasteiger partial charge in [0, 0.05) is 35.9 Å². The molecule has 1 rings (SSSR count). The van der Waals surface area contributed by atoms with Gasteiger partial charge >= 0.3 is 0 Å². The molecule has 3 nitrogen and oxygen atoms in total. The Hall–Kier alpha value is -0.580. The van der Waals surface area contributed by atoms with Gasteiger partial charge in [-0.1, -0.05) is 28.9 Å². The van der Waals surface area contributed by atoms with Gasteiger partial charge in [0.25, 0.3) is 0 Å². The molecule has 0 heterocycles. The van der Waals surface area contributed by atoms with E-state index in [9.17, 15) is 0 Å². The summed E-state index contributed by atoms with van der Waals surface area (Å²) in [5, 5.41) is 3.53. The van der Waals surface area contributed by atoms with E-state index in [4.69, 9.17) is 4.74 Å². The lowest BCUT2D eigenvalue weighted by Gasteiger charge is -2.24. The number of anilines is 1. The third-order valence-electron chi connectivity index (χ3n) is 3.61. The second-order valence-electron chi connectivity index (χ2n) is 5.16. The van der Waals surface area contributed by atoms with Gasteiger partial charge in [0.05, 0.1) is 6.61 Å². The fourth-order valence-electron chi connectivity index (χ4n) is 2.32. The predicted molar refractivity (Wildman–Crippen MR) is 95.2 cm³/mol. The SMILES string of the molecule is CCCNC(C)c1ccc(N(CC)CCOCC)cc1Br. The molecule has 0 aliphatic carbocycles. The Balaban J connectivity index is 2.75. The smallest absolute Gasteiger partial charge is 0.0641 e. The molecule has 0 radical (unpaired) electrons. The van der Waals surface area contributed by atoms with Gasteiger partial charge in [-0.15, -0.1) is 0 Å². The van der Waals surface area contributed by atoms with E-state index in [2.05, 4.69) is 65.1 Å². The molecule has 1 N–H and O–H groups in total. The minimum atomic E-state index is 0.367. The standard InChI is InChI=1S/C17H29BrN2O/c1-5-10-19-14(4)16-9-8-15(13-17(16)18)20(6-2)11-12-21-7-3/h8-9,13-14,19H,5-7,10-12H2,1-4H3. The first-order valence-corrected chi connectivity index (χ1v) is 8.78. The molecule has 0 fully saturated rings. The van der Waals surface area contributed by atoms with E-state index in [1.165, 1.54) is 15.7 Å². The van der Waals surface area contributed by atoms with Gasteiger partial charge in [-0.05, 0) is 51.4 Å². The van der Waals surface area contributed by atoms with Crippen molar-refractivity contribution in [2.75, 3.05) is 37.7 Å². The second kappa shape index (κ2) is 10.2. The molecule has 1 unspecified atom stereocenters. The molecule has 120 valence electrons. The Morgan fingerprint density at radius 2 is 2.05 bits per heavy atom. The number of rotatable bonds is 10. The summed E-state index contributed by atoms with van der Waals surface area (Å²) in [5.74, 6) is 0. The molecule has 0 aliphatic heterocycles. The number of nitrogens with zero attached hydrogens (tertiary/aromatic N) is 1. The summed E-state index contributed by atoms with van der Waals surface area (Å²) in [6.45, 7) is 13.1. The average molecular weight is 357 g/mol. The van der Waals surface area contributed by atoms with Crippen molar-refractivity contribution >= 4 is 21.6 Å². The van der Waals surface area contributed by atoms with Crippen LogP contribution in [0.25, 0.3) is 0 Å². The van der Waals surface area contributed by atoms with Crippen molar-refractivity contribution in [1.29, 1.82) is 0 Å². The van der Waals surface area contributed by atoms with Crippen LogP contribution in [-0.4, -0.2) is 32.8 Å². The van der Waals surface area contributed by atoms with Crippen LogP contribution in [0.4, 0.5) is 5.69 Å². The minimum absolute atomic E-state index is 0.367. The Morgan fingerprint density at radius 1 is 1.29 bits per heavy atom. The first kappa shape index (κ1) is 18.5. The highest BCUT2D eigenvalue weighted by Crippen LogP contribution is 2.28. The monoisotopic (exact) mass is 356 g/mol. The van der Waals surface area contributed by atoms with Crippen molar-refractivity contribution in [3.8, 4) is 0 Å². The number of halogens is 1. The maximum Gasteiger partial charge on any atom is 0.0641 e. The number of ether oxygens (including phenoxy) is 1. The van der Waals surface area contributed by atoms with Crippen LogP contribution >= 0.6 is 15.9 Å². The van der Waals surface area contributed by atoms with Crippen LogP contribution in [0.15, 0.2) is 22.7 Å². The molecule has 0 amide bonds. The molecule has 21 heavy (non-hydrogen) atoms. The van der Waals surface area contributed by atoms with Gasteiger partial charge in [-0.25, -0.2) is 0 Å². The summed E-state index contributed by atoms with van der Waals surface area (Å²) in [6, 6.07) is 7.01. The molecule has 0 bridgehead atoms. The van der Waals surface area contributed by atoms with Crippen molar-refractivity contribution in [3.05, 3.63) is 28.2 Å². The van der Waals surface area contributed by atoms with E-state index >= 15 is 0 Å². The third kappa shape index (κ3) is 5.97. The molecule has 1 aromatic carbocycles. The van der Waals surface area contributed by atoms with Crippen LogP contribution in [-0.2, 0) is 4.74 Å². The average Bonchev–Trinajstić information content (AvgIpc) is 2.49. The molecule has 0 aromatic heterocycles.